The van der Waals surface area contributed by atoms with Crippen LogP contribution in [-0.2, 0) is 25.6 Å². The maximum absolute atomic E-state index is 12.8. The number of aliphatic carboxylic acids is 1. The fourth-order valence-electron chi connectivity index (χ4n) is 3.12. The van der Waals surface area contributed by atoms with Crippen LogP contribution in [0.3, 0.4) is 0 Å². The number of carbonyl (C=O) groups is 4. The molecule has 3 amide bonds. The maximum Gasteiger partial charge on any atom is 0.328 e. The lowest BCUT2D eigenvalue weighted by atomic mass is 10.1. The number of nitrogens with one attached hydrogen (secondary N) is 3. The largest absolute Gasteiger partial charge is 0.480 e. The van der Waals surface area contributed by atoms with E-state index < -0.39 is 60.6 Å². The van der Waals surface area contributed by atoms with E-state index in [-0.39, 0.29) is 31.8 Å². The smallest absolute Gasteiger partial charge is 0.328 e. The minimum atomic E-state index is -1.63. The lowest BCUT2D eigenvalue weighted by molar-refractivity contribution is -0.145. The molecule has 0 radical (unpaired) electrons. The normalized spacial score (nSPS) is 14.9. The molecule has 200 valence electrons. The van der Waals surface area contributed by atoms with Gasteiger partial charge in [0.05, 0.1) is 18.8 Å². The molecule has 5 unspecified atom stereocenters. The molecule has 1 aromatic carbocycles. The summed E-state index contributed by atoms with van der Waals surface area (Å²) in [6, 6.07) is 3.61. The van der Waals surface area contributed by atoms with Crippen LogP contribution in [0.2, 0.25) is 0 Å². The van der Waals surface area contributed by atoms with Crippen LogP contribution in [0.1, 0.15) is 25.3 Å². The van der Waals surface area contributed by atoms with Crippen LogP contribution < -0.4 is 33.2 Å². The van der Waals surface area contributed by atoms with Crippen molar-refractivity contribution in [2.24, 2.45) is 22.2 Å². The number of hydrogen-bond acceptors (Lipinski definition) is 8. The summed E-state index contributed by atoms with van der Waals surface area (Å²) in [6.45, 7) is 0.514. The molecule has 14 heteroatoms. The van der Waals surface area contributed by atoms with E-state index >= 15 is 0 Å². The molecule has 0 aliphatic heterocycles. The predicted molar refractivity (Wildman–Crippen MR) is 130 cm³/mol. The number of guanidine groups is 1. The SMILES string of the molecule is CC(O)C(NC(=O)C(CCCN=C(N)N)NC(=O)C(CO)NC(=O)C(N)Cc1ccccc1)C(=O)O. The molecule has 0 fully saturated rings. The quantitative estimate of drug-likeness (QED) is 0.0640. The standard InChI is InChI=1S/C22H35N7O7/c1-12(31)17(21(35)36)29-19(33)15(8-5-9-26-22(24)25)27-20(34)16(11-30)28-18(32)14(23)10-13-6-3-2-4-7-13/h2-4,6-7,12,14-17,30-31H,5,8-11,23H2,1H3,(H,27,34)(H,28,32)(H,29,33)(H,35,36)(H4,24,25,26). The number of nitrogens with zero attached hydrogens (tertiary/aromatic N) is 1. The Kier molecular flexibility index (Phi) is 12.9. The zero-order chi connectivity index (χ0) is 27.3. The molecule has 0 aromatic heterocycles. The van der Waals surface area contributed by atoms with Crippen LogP contribution in [0.5, 0.6) is 0 Å². The number of aliphatic hydroxyl groups excluding tert-OH is 2. The Morgan fingerprint density at radius 1 is 0.972 bits per heavy atom. The summed E-state index contributed by atoms with van der Waals surface area (Å²) in [6.07, 6.45) is -1.01. The van der Waals surface area contributed by atoms with Gasteiger partial charge in [0.15, 0.2) is 12.0 Å². The third-order valence-electron chi connectivity index (χ3n) is 5.08. The van der Waals surface area contributed by atoms with E-state index in [4.69, 9.17) is 17.2 Å². The summed E-state index contributed by atoms with van der Waals surface area (Å²) < 4.78 is 0. The van der Waals surface area contributed by atoms with Crippen LogP contribution >= 0.6 is 0 Å². The molecule has 0 saturated heterocycles. The number of aliphatic imine (C=N–C) groups is 1. The highest BCUT2D eigenvalue weighted by Gasteiger charge is 2.31. The Labute approximate surface area is 208 Å². The predicted octanol–water partition coefficient (Wildman–Crippen LogP) is -3.48. The Morgan fingerprint density at radius 2 is 1.56 bits per heavy atom. The highest BCUT2D eigenvalue weighted by molar-refractivity contribution is 5.94. The molecular weight excluding hydrogens is 474 g/mol. The average molecular weight is 510 g/mol. The molecule has 36 heavy (non-hydrogen) atoms. The fourth-order valence-corrected chi connectivity index (χ4v) is 3.12. The monoisotopic (exact) mass is 509 g/mol. The molecule has 0 saturated carbocycles. The molecule has 1 aromatic rings. The molecule has 12 N–H and O–H groups in total. The minimum absolute atomic E-state index is 0.0138. The summed E-state index contributed by atoms with van der Waals surface area (Å²) in [5, 5.41) is 35.4. The van der Waals surface area contributed by atoms with Crippen LogP contribution in [-0.4, -0.2) is 88.4 Å². The first-order valence-electron chi connectivity index (χ1n) is 11.2. The molecular formula is C22H35N7O7. The summed E-state index contributed by atoms with van der Waals surface area (Å²) in [7, 11) is 0. The second-order valence-corrected chi connectivity index (χ2v) is 8.12. The van der Waals surface area contributed by atoms with Gasteiger partial charge in [0, 0.05) is 6.54 Å². The summed E-state index contributed by atoms with van der Waals surface area (Å²) >= 11 is 0. The lowest BCUT2D eigenvalue weighted by Gasteiger charge is -2.25. The van der Waals surface area contributed by atoms with Crippen molar-refractivity contribution in [2.75, 3.05) is 13.2 Å². The third kappa shape index (κ3) is 10.7. The molecule has 0 heterocycles. The highest BCUT2D eigenvalue weighted by Crippen LogP contribution is 2.04. The van der Waals surface area contributed by atoms with Gasteiger partial charge in [-0.15, -0.1) is 0 Å². The Bertz CT molecular complexity index is 907. The van der Waals surface area contributed by atoms with Gasteiger partial charge in [-0.25, -0.2) is 4.79 Å². The molecule has 0 aliphatic carbocycles. The van der Waals surface area contributed by atoms with Gasteiger partial charge < -0.3 is 48.5 Å². The van der Waals surface area contributed by atoms with Crippen molar-refractivity contribution < 1.29 is 34.5 Å². The summed E-state index contributed by atoms with van der Waals surface area (Å²) in [5.41, 5.74) is 17.3. The topological polar surface area (TPSA) is 255 Å². The van der Waals surface area contributed by atoms with Gasteiger partial charge in [0.1, 0.15) is 12.1 Å². The van der Waals surface area contributed by atoms with Crippen molar-refractivity contribution in [1.82, 2.24) is 16.0 Å². The van der Waals surface area contributed by atoms with Crippen molar-refractivity contribution in [3.63, 3.8) is 0 Å². The van der Waals surface area contributed by atoms with Gasteiger partial charge in [0.25, 0.3) is 0 Å². The van der Waals surface area contributed by atoms with Crippen molar-refractivity contribution >= 4 is 29.7 Å². The van der Waals surface area contributed by atoms with E-state index in [1.807, 2.05) is 6.07 Å². The molecule has 0 aliphatic rings. The van der Waals surface area contributed by atoms with Crippen molar-refractivity contribution in [3.05, 3.63) is 35.9 Å². The molecule has 1 rings (SSSR count). The van der Waals surface area contributed by atoms with Gasteiger partial charge in [0.2, 0.25) is 17.7 Å². The number of carbonyl (C=O) groups excluding carboxylic acids is 3. The zero-order valence-electron chi connectivity index (χ0n) is 20.0. The second-order valence-electron chi connectivity index (χ2n) is 8.12. The number of amides is 3. The van der Waals surface area contributed by atoms with E-state index in [1.54, 1.807) is 24.3 Å². The Balaban J connectivity index is 2.88. The van der Waals surface area contributed by atoms with Crippen LogP contribution in [0.25, 0.3) is 0 Å². The van der Waals surface area contributed by atoms with Gasteiger partial charge >= 0.3 is 5.97 Å². The number of carboxylic acids is 1. The third-order valence-corrected chi connectivity index (χ3v) is 5.08. The molecule has 5 atom stereocenters. The molecule has 14 nitrogen and oxygen atoms in total. The number of hydrogen-bond donors (Lipinski definition) is 9. The number of nitrogens with two attached hydrogens (primary N) is 3. The number of aliphatic hydroxyl groups is 2. The zero-order valence-corrected chi connectivity index (χ0v) is 20.0. The Hall–Kier alpha value is -3.75. The average Bonchev–Trinajstić information content (AvgIpc) is 2.82. The minimum Gasteiger partial charge on any atom is -0.480 e. The fraction of sp³-hybridized carbons (Fsp3) is 0.500. The van der Waals surface area contributed by atoms with Gasteiger partial charge in [-0.1, -0.05) is 30.3 Å². The summed E-state index contributed by atoms with van der Waals surface area (Å²) in [5.74, 6) is -4.14. The molecule has 0 spiro atoms. The lowest BCUT2D eigenvalue weighted by Crippen LogP contribution is -2.59. The Morgan fingerprint density at radius 3 is 2.08 bits per heavy atom. The first-order chi connectivity index (χ1) is 17.0. The van der Waals surface area contributed by atoms with Crippen LogP contribution in [0.4, 0.5) is 0 Å². The van der Waals surface area contributed by atoms with Gasteiger partial charge in [-0.3, -0.25) is 19.4 Å². The van der Waals surface area contributed by atoms with Crippen molar-refractivity contribution in [1.29, 1.82) is 0 Å². The first-order valence-corrected chi connectivity index (χ1v) is 11.2. The first kappa shape index (κ1) is 30.3. The number of carboxylic acid groups (broad SMARTS) is 1. The molecule has 0 bridgehead atoms. The van der Waals surface area contributed by atoms with E-state index in [1.165, 1.54) is 6.92 Å². The maximum atomic E-state index is 12.8. The van der Waals surface area contributed by atoms with E-state index in [0.717, 1.165) is 5.56 Å². The van der Waals surface area contributed by atoms with Gasteiger partial charge in [-0.2, -0.15) is 0 Å². The van der Waals surface area contributed by atoms with Crippen LogP contribution in [0.15, 0.2) is 35.3 Å². The van der Waals surface area contributed by atoms with Crippen LogP contribution in [0, 0.1) is 0 Å². The van der Waals surface area contributed by atoms with Gasteiger partial charge in [-0.05, 0) is 31.7 Å². The van der Waals surface area contributed by atoms with E-state index in [0.29, 0.717) is 0 Å². The summed E-state index contributed by atoms with van der Waals surface area (Å²) in [4.78, 5) is 53.1. The van der Waals surface area contributed by atoms with E-state index in [9.17, 15) is 34.5 Å². The van der Waals surface area contributed by atoms with E-state index in [2.05, 4.69) is 20.9 Å². The van der Waals surface area contributed by atoms with Crippen molar-refractivity contribution in [2.45, 2.75) is 56.5 Å². The number of rotatable bonds is 15. The number of benzene rings is 1. The highest BCUT2D eigenvalue weighted by atomic mass is 16.4. The second kappa shape index (κ2) is 15.3. The van der Waals surface area contributed by atoms with Crippen molar-refractivity contribution in [3.8, 4) is 0 Å².